The third-order valence-electron chi connectivity index (χ3n) is 1.53. The van der Waals surface area contributed by atoms with Crippen molar-refractivity contribution in [3.8, 4) is 0 Å². The van der Waals surface area contributed by atoms with E-state index in [1.165, 1.54) is 5.56 Å². The van der Waals surface area contributed by atoms with Crippen molar-refractivity contribution in [2.75, 3.05) is 0 Å². The lowest BCUT2D eigenvalue weighted by Crippen LogP contribution is -2.24. The zero-order valence-corrected chi connectivity index (χ0v) is 10.0. The first-order valence-electron chi connectivity index (χ1n) is 3.94. The van der Waals surface area contributed by atoms with Gasteiger partial charge < -0.3 is 5.73 Å². The monoisotopic (exact) mass is 271 g/mol. The molecule has 14 heavy (non-hydrogen) atoms. The van der Waals surface area contributed by atoms with Gasteiger partial charge in [-0.3, -0.25) is 5.43 Å². The minimum atomic E-state index is 0.157. The van der Waals surface area contributed by atoms with Crippen LogP contribution in [0.25, 0.3) is 0 Å². The number of hydrazone groups is 1. The minimum absolute atomic E-state index is 0.157. The molecule has 0 heterocycles. The van der Waals surface area contributed by atoms with Gasteiger partial charge in [0.15, 0.2) is 5.11 Å². The average Bonchev–Trinajstić information content (AvgIpc) is 2.08. The van der Waals surface area contributed by atoms with Crippen LogP contribution in [-0.4, -0.2) is 11.3 Å². The molecule has 0 spiro atoms. The Hall–Kier alpha value is -0.940. The van der Waals surface area contributed by atoms with E-state index in [1.807, 2.05) is 25.1 Å². The average molecular weight is 272 g/mol. The number of rotatable bonds is 2. The van der Waals surface area contributed by atoms with Gasteiger partial charge in [-0.2, -0.15) is 5.10 Å². The molecular weight excluding hydrogens is 262 g/mol. The normalized spacial score (nSPS) is 10.4. The zero-order chi connectivity index (χ0) is 10.6. The largest absolute Gasteiger partial charge is 0.375 e. The predicted octanol–water partition coefficient (Wildman–Crippen LogP) is 1.92. The van der Waals surface area contributed by atoms with Crippen molar-refractivity contribution in [1.29, 1.82) is 0 Å². The fourth-order valence-corrected chi connectivity index (χ4v) is 1.55. The summed E-state index contributed by atoms with van der Waals surface area (Å²) in [6, 6.07) is 5.99. The molecule has 0 aliphatic rings. The molecule has 0 atom stereocenters. The summed E-state index contributed by atoms with van der Waals surface area (Å²) in [7, 11) is 0. The summed E-state index contributed by atoms with van der Waals surface area (Å²) in [5, 5.41) is 4.02. The standard InChI is InChI=1S/C9H10BrN3S/c1-6-2-3-7(8(10)4-6)5-12-13-9(11)14/h2-5H,1H3,(H3,11,13,14). The summed E-state index contributed by atoms with van der Waals surface area (Å²) in [6.07, 6.45) is 1.66. The van der Waals surface area contributed by atoms with Crippen LogP contribution in [0, 0.1) is 6.92 Å². The Bertz CT molecular complexity index is 376. The second kappa shape index (κ2) is 5.07. The Labute approximate surface area is 96.5 Å². The molecule has 1 aromatic rings. The molecule has 1 rings (SSSR count). The molecule has 0 fully saturated rings. The highest BCUT2D eigenvalue weighted by Gasteiger charge is 1.95. The van der Waals surface area contributed by atoms with Gasteiger partial charge in [0.25, 0.3) is 0 Å². The number of halogens is 1. The fraction of sp³-hybridized carbons (Fsp3) is 0.111. The van der Waals surface area contributed by atoms with Crippen LogP contribution < -0.4 is 11.2 Å². The van der Waals surface area contributed by atoms with Crippen molar-refractivity contribution in [3.63, 3.8) is 0 Å². The van der Waals surface area contributed by atoms with Gasteiger partial charge in [-0.05, 0) is 30.8 Å². The van der Waals surface area contributed by atoms with Gasteiger partial charge in [-0.25, -0.2) is 0 Å². The maximum atomic E-state index is 5.21. The highest BCUT2D eigenvalue weighted by Crippen LogP contribution is 2.16. The van der Waals surface area contributed by atoms with Gasteiger partial charge in [-0.1, -0.05) is 28.1 Å². The van der Waals surface area contributed by atoms with Crippen LogP contribution in [0.1, 0.15) is 11.1 Å². The molecule has 5 heteroatoms. The van der Waals surface area contributed by atoms with Crippen LogP contribution in [0.2, 0.25) is 0 Å². The number of nitrogens with two attached hydrogens (primary N) is 1. The number of thiocarbonyl (C=S) groups is 1. The smallest absolute Gasteiger partial charge is 0.184 e. The first-order chi connectivity index (χ1) is 6.59. The molecule has 0 radical (unpaired) electrons. The van der Waals surface area contributed by atoms with E-state index >= 15 is 0 Å². The summed E-state index contributed by atoms with van der Waals surface area (Å²) in [5.74, 6) is 0. The minimum Gasteiger partial charge on any atom is -0.375 e. The van der Waals surface area contributed by atoms with E-state index in [9.17, 15) is 0 Å². The van der Waals surface area contributed by atoms with Crippen LogP contribution in [0.15, 0.2) is 27.8 Å². The Morgan fingerprint density at radius 2 is 2.36 bits per heavy atom. The second-order valence-corrected chi connectivity index (χ2v) is 4.05. The fourth-order valence-electron chi connectivity index (χ4n) is 0.902. The van der Waals surface area contributed by atoms with Crippen molar-refractivity contribution in [3.05, 3.63) is 33.8 Å². The van der Waals surface area contributed by atoms with Crippen LogP contribution in [0.5, 0.6) is 0 Å². The molecule has 0 unspecified atom stereocenters. The van der Waals surface area contributed by atoms with E-state index in [1.54, 1.807) is 6.21 Å². The third kappa shape index (κ3) is 3.43. The Kier molecular flexibility index (Phi) is 4.03. The Morgan fingerprint density at radius 1 is 1.64 bits per heavy atom. The summed E-state index contributed by atoms with van der Waals surface area (Å²) in [6.45, 7) is 2.03. The number of nitrogens with zero attached hydrogens (tertiary/aromatic N) is 1. The van der Waals surface area contributed by atoms with Crippen molar-refractivity contribution < 1.29 is 0 Å². The SMILES string of the molecule is Cc1ccc(C=NNC(N)=S)c(Br)c1. The molecule has 0 bridgehead atoms. The molecule has 0 aromatic heterocycles. The van der Waals surface area contributed by atoms with Gasteiger partial charge in [0.05, 0.1) is 6.21 Å². The number of nitrogens with one attached hydrogen (secondary N) is 1. The molecule has 0 aliphatic heterocycles. The lowest BCUT2D eigenvalue weighted by Gasteiger charge is -1.99. The lowest BCUT2D eigenvalue weighted by molar-refractivity contribution is 1.04. The van der Waals surface area contributed by atoms with Crippen molar-refractivity contribution in [1.82, 2.24) is 5.43 Å². The maximum Gasteiger partial charge on any atom is 0.184 e. The quantitative estimate of drug-likeness (QED) is 0.491. The lowest BCUT2D eigenvalue weighted by atomic mass is 10.2. The highest BCUT2D eigenvalue weighted by atomic mass is 79.9. The highest BCUT2D eigenvalue weighted by molar-refractivity contribution is 9.10. The predicted molar refractivity (Wildman–Crippen MR) is 66.4 cm³/mol. The number of hydrogen-bond acceptors (Lipinski definition) is 2. The molecule has 0 saturated heterocycles. The van der Waals surface area contributed by atoms with E-state index in [-0.39, 0.29) is 5.11 Å². The molecule has 0 saturated carbocycles. The zero-order valence-electron chi connectivity index (χ0n) is 7.62. The van der Waals surface area contributed by atoms with Crippen LogP contribution in [0.3, 0.4) is 0 Å². The molecular formula is C9H10BrN3S. The van der Waals surface area contributed by atoms with Gasteiger partial charge in [0, 0.05) is 10.0 Å². The van der Waals surface area contributed by atoms with Crippen molar-refractivity contribution in [2.45, 2.75) is 6.92 Å². The Morgan fingerprint density at radius 3 is 2.93 bits per heavy atom. The molecule has 1 aromatic carbocycles. The topological polar surface area (TPSA) is 50.4 Å². The van der Waals surface area contributed by atoms with E-state index in [4.69, 9.17) is 5.73 Å². The van der Waals surface area contributed by atoms with E-state index in [2.05, 4.69) is 38.7 Å². The molecule has 0 aliphatic carbocycles. The molecule has 3 N–H and O–H groups in total. The van der Waals surface area contributed by atoms with Crippen LogP contribution in [-0.2, 0) is 0 Å². The van der Waals surface area contributed by atoms with E-state index in [0.717, 1.165) is 10.0 Å². The number of hydrogen-bond donors (Lipinski definition) is 2. The van der Waals surface area contributed by atoms with Gasteiger partial charge in [0.1, 0.15) is 0 Å². The molecule has 74 valence electrons. The van der Waals surface area contributed by atoms with Crippen LogP contribution in [0.4, 0.5) is 0 Å². The summed E-state index contributed by atoms with van der Waals surface area (Å²) in [4.78, 5) is 0. The van der Waals surface area contributed by atoms with Gasteiger partial charge in [0.2, 0.25) is 0 Å². The maximum absolute atomic E-state index is 5.21. The summed E-state index contributed by atoms with van der Waals surface area (Å²) in [5.41, 5.74) is 9.87. The number of aryl methyl sites for hydroxylation is 1. The van der Waals surface area contributed by atoms with Crippen molar-refractivity contribution in [2.24, 2.45) is 10.8 Å². The number of benzene rings is 1. The molecule has 3 nitrogen and oxygen atoms in total. The van der Waals surface area contributed by atoms with Gasteiger partial charge >= 0.3 is 0 Å². The summed E-state index contributed by atoms with van der Waals surface area (Å²) < 4.78 is 0.992. The van der Waals surface area contributed by atoms with E-state index in [0.29, 0.717) is 0 Å². The van der Waals surface area contributed by atoms with Gasteiger partial charge in [-0.15, -0.1) is 0 Å². The summed E-state index contributed by atoms with van der Waals surface area (Å²) >= 11 is 8.04. The van der Waals surface area contributed by atoms with Crippen LogP contribution >= 0.6 is 28.1 Å². The second-order valence-electron chi connectivity index (χ2n) is 2.76. The van der Waals surface area contributed by atoms with Crippen molar-refractivity contribution >= 4 is 39.5 Å². The third-order valence-corrected chi connectivity index (χ3v) is 2.31. The Balaban J connectivity index is 2.76. The molecule has 0 amide bonds. The van der Waals surface area contributed by atoms with E-state index < -0.39 is 0 Å². The first-order valence-corrected chi connectivity index (χ1v) is 5.14. The first kappa shape index (κ1) is 11.1.